The molecule has 9 nitrogen and oxygen atoms in total. The number of piperazine rings is 1. The number of carbonyl (C=O) groups is 3. The zero-order chi connectivity index (χ0) is 15.7. The summed E-state index contributed by atoms with van der Waals surface area (Å²) in [5, 5.41) is 22.1. The van der Waals surface area contributed by atoms with Gasteiger partial charge in [-0.25, -0.2) is 4.79 Å². The second-order valence-corrected chi connectivity index (χ2v) is 4.53. The van der Waals surface area contributed by atoms with Gasteiger partial charge < -0.3 is 10.0 Å². The van der Waals surface area contributed by atoms with E-state index >= 15 is 0 Å². The van der Waals surface area contributed by atoms with Gasteiger partial charge in [0.2, 0.25) is 11.8 Å². The Morgan fingerprint density at radius 1 is 1.33 bits per heavy atom. The standard InChI is InChI=1S/C12H11N3O6/c1-6-8(14-4-10(16)13-11(17)5-14)2-7(12(18)19)3-9(6)15(20)21/h2-3H,4-5H2,1H3,(H,18,19)(H,13,16,17). The van der Waals surface area contributed by atoms with Crippen LogP contribution < -0.4 is 10.2 Å². The molecule has 1 aromatic rings. The second kappa shape index (κ2) is 5.19. The number of nitro groups is 1. The lowest BCUT2D eigenvalue weighted by atomic mass is 10.1. The van der Waals surface area contributed by atoms with Crippen LogP contribution in [0.4, 0.5) is 11.4 Å². The molecule has 0 aromatic heterocycles. The van der Waals surface area contributed by atoms with Crippen molar-refractivity contribution in [3.8, 4) is 0 Å². The minimum Gasteiger partial charge on any atom is -0.478 e. The lowest BCUT2D eigenvalue weighted by Gasteiger charge is -2.28. The molecule has 1 aliphatic rings. The molecule has 0 bridgehead atoms. The molecule has 0 radical (unpaired) electrons. The number of nitrogens with zero attached hydrogens (tertiary/aromatic N) is 2. The van der Waals surface area contributed by atoms with E-state index in [4.69, 9.17) is 5.11 Å². The van der Waals surface area contributed by atoms with Crippen LogP contribution in [-0.4, -0.2) is 40.9 Å². The van der Waals surface area contributed by atoms with Crippen LogP contribution in [-0.2, 0) is 9.59 Å². The molecule has 9 heteroatoms. The molecule has 1 saturated heterocycles. The summed E-state index contributed by atoms with van der Waals surface area (Å²) in [6.45, 7) is 1.09. The Hall–Kier alpha value is -2.97. The number of nitrogens with one attached hydrogen (secondary N) is 1. The number of imide groups is 1. The monoisotopic (exact) mass is 293 g/mol. The van der Waals surface area contributed by atoms with Gasteiger partial charge in [-0.3, -0.25) is 25.0 Å². The first-order valence-electron chi connectivity index (χ1n) is 5.89. The molecule has 1 fully saturated rings. The van der Waals surface area contributed by atoms with Crippen molar-refractivity contribution in [1.29, 1.82) is 0 Å². The van der Waals surface area contributed by atoms with E-state index in [1.165, 1.54) is 17.9 Å². The predicted molar refractivity (Wildman–Crippen MR) is 70.2 cm³/mol. The number of rotatable bonds is 3. The largest absolute Gasteiger partial charge is 0.478 e. The highest BCUT2D eigenvalue weighted by molar-refractivity contribution is 6.03. The zero-order valence-electron chi connectivity index (χ0n) is 11.0. The summed E-state index contributed by atoms with van der Waals surface area (Å²) in [6.07, 6.45) is 0. The third-order valence-corrected chi connectivity index (χ3v) is 3.08. The lowest BCUT2D eigenvalue weighted by Crippen LogP contribution is -2.51. The highest BCUT2D eigenvalue weighted by Crippen LogP contribution is 2.31. The Bertz CT molecular complexity index is 653. The Labute approximate surface area is 118 Å². The number of hydrogen-bond acceptors (Lipinski definition) is 6. The maximum absolute atomic E-state index is 11.4. The van der Waals surface area contributed by atoms with Gasteiger partial charge in [0.25, 0.3) is 5.69 Å². The number of carbonyl (C=O) groups excluding carboxylic acids is 2. The van der Waals surface area contributed by atoms with E-state index in [2.05, 4.69) is 5.32 Å². The zero-order valence-corrected chi connectivity index (χ0v) is 11.0. The Balaban J connectivity index is 2.56. The smallest absolute Gasteiger partial charge is 0.336 e. The van der Waals surface area contributed by atoms with Crippen LogP contribution in [0.5, 0.6) is 0 Å². The van der Waals surface area contributed by atoms with Gasteiger partial charge in [0.15, 0.2) is 0 Å². The SMILES string of the molecule is Cc1c(N2CC(=O)NC(=O)C2)cc(C(=O)O)cc1[N+](=O)[O-]. The van der Waals surface area contributed by atoms with Gasteiger partial charge in [-0.05, 0) is 13.0 Å². The molecule has 0 aliphatic carbocycles. The van der Waals surface area contributed by atoms with Crippen LogP contribution in [0, 0.1) is 17.0 Å². The van der Waals surface area contributed by atoms with Crippen LogP contribution in [0.2, 0.25) is 0 Å². The molecule has 0 atom stereocenters. The minimum atomic E-state index is -1.33. The molecule has 2 rings (SSSR count). The Kier molecular flexibility index (Phi) is 3.57. The van der Waals surface area contributed by atoms with Crippen LogP contribution in [0.25, 0.3) is 0 Å². The first-order valence-corrected chi connectivity index (χ1v) is 5.89. The summed E-state index contributed by atoms with van der Waals surface area (Å²) >= 11 is 0. The van der Waals surface area contributed by atoms with Gasteiger partial charge in [0.1, 0.15) is 0 Å². The first-order chi connectivity index (χ1) is 9.79. The molecule has 1 aromatic carbocycles. The maximum atomic E-state index is 11.4. The van der Waals surface area contributed by atoms with E-state index in [0.717, 1.165) is 6.07 Å². The van der Waals surface area contributed by atoms with Crippen molar-refractivity contribution in [1.82, 2.24) is 5.32 Å². The summed E-state index contributed by atoms with van der Waals surface area (Å²) in [6, 6.07) is 2.17. The molecule has 2 amide bonds. The van der Waals surface area contributed by atoms with Crippen LogP contribution in [0.15, 0.2) is 12.1 Å². The summed E-state index contributed by atoms with van der Waals surface area (Å²) < 4.78 is 0. The second-order valence-electron chi connectivity index (χ2n) is 4.53. The van der Waals surface area contributed by atoms with E-state index < -0.39 is 22.7 Å². The summed E-state index contributed by atoms with van der Waals surface area (Å²) in [5.74, 6) is -2.42. The van der Waals surface area contributed by atoms with Crippen molar-refractivity contribution < 1.29 is 24.4 Å². The van der Waals surface area contributed by atoms with Gasteiger partial charge in [-0.2, -0.15) is 0 Å². The van der Waals surface area contributed by atoms with E-state index in [1.54, 1.807) is 0 Å². The fourth-order valence-corrected chi connectivity index (χ4v) is 2.13. The van der Waals surface area contributed by atoms with E-state index in [0.29, 0.717) is 0 Å². The topological polar surface area (TPSA) is 130 Å². The third kappa shape index (κ3) is 2.81. The van der Waals surface area contributed by atoms with Crippen molar-refractivity contribution >= 4 is 29.2 Å². The molecular formula is C12H11N3O6. The van der Waals surface area contributed by atoms with Crippen LogP contribution in [0.1, 0.15) is 15.9 Å². The number of benzene rings is 1. The molecule has 1 aliphatic heterocycles. The minimum absolute atomic E-state index is 0.174. The van der Waals surface area contributed by atoms with Crippen molar-refractivity contribution in [3.05, 3.63) is 33.4 Å². The molecule has 1 heterocycles. The van der Waals surface area contributed by atoms with Gasteiger partial charge >= 0.3 is 5.97 Å². The maximum Gasteiger partial charge on any atom is 0.336 e. The molecule has 0 unspecified atom stereocenters. The normalized spacial score (nSPS) is 14.8. The first kappa shape index (κ1) is 14.4. The van der Waals surface area contributed by atoms with E-state index in [9.17, 15) is 24.5 Å². The van der Waals surface area contributed by atoms with Gasteiger partial charge in [-0.1, -0.05) is 0 Å². The number of anilines is 1. The lowest BCUT2D eigenvalue weighted by molar-refractivity contribution is -0.385. The molecule has 2 N–H and O–H groups in total. The van der Waals surface area contributed by atoms with Crippen molar-refractivity contribution in [2.45, 2.75) is 6.92 Å². The number of hydrogen-bond donors (Lipinski definition) is 2. The molecule has 110 valence electrons. The molecule has 21 heavy (non-hydrogen) atoms. The molecule has 0 spiro atoms. The molecule has 0 saturated carbocycles. The average Bonchev–Trinajstić information content (AvgIpc) is 2.36. The summed E-state index contributed by atoms with van der Waals surface area (Å²) in [4.78, 5) is 45.5. The fourth-order valence-electron chi connectivity index (χ4n) is 2.13. The number of nitro benzene ring substituents is 1. The third-order valence-electron chi connectivity index (χ3n) is 3.08. The number of carboxylic acid groups (broad SMARTS) is 1. The summed E-state index contributed by atoms with van der Waals surface area (Å²) in [5.41, 5.74) is -0.263. The highest BCUT2D eigenvalue weighted by atomic mass is 16.6. The van der Waals surface area contributed by atoms with E-state index in [-0.39, 0.29) is 35.6 Å². The van der Waals surface area contributed by atoms with E-state index in [1.807, 2.05) is 0 Å². The number of carboxylic acids is 1. The van der Waals surface area contributed by atoms with Crippen molar-refractivity contribution in [2.24, 2.45) is 0 Å². The van der Waals surface area contributed by atoms with Gasteiger partial charge in [0.05, 0.1) is 29.1 Å². The molecular weight excluding hydrogens is 282 g/mol. The predicted octanol–water partition coefficient (Wildman–Crippen LogP) is 0.0642. The highest BCUT2D eigenvalue weighted by Gasteiger charge is 2.27. The number of aromatic carboxylic acids is 1. The van der Waals surface area contributed by atoms with Crippen LogP contribution in [0.3, 0.4) is 0 Å². The van der Waals surface area contributed by atoms with Crippen molar-refractivity contribution in [2.75, 3.05) is 18.0 Å². The fraction of sp³-hybridized carbons (Fsp3) is 0.250. The Morgan fingerprint density at radius 2 is 1.90 bits per heavy atom. The van der Waals surface area contributed by atoms with Crippen LogP contribution >= 0.6 is 0 Å². The van der Waals surface area contributed by atoms with Gasteiger partial charge in [-0.15, -0.1) is 0 Å². The quantitative estimate of drug-likeness (QED) is 0.458. The summed E-state index contributed by atoms with van der Waals surface area (Å²) in [7, 11) is 0. The number of amides is 2. The average molecular weight is 293 g/mol. The van der Waals surface area contributed by atoms with Crippen molar-refractivity contribution in [3.63, 3.8) is 0 Å². The Morgan fingerprint density at radius 3 is 2.38 bits per heavy atom. The van der Waals surface area contributed by atoms with Gasteiger partial charge in [0, 0.05) is 11.8 Å².